The number of hydrogen-bond acceptors (Lipinski definition) is 3. The van der Waals surface area contributed by atoms with Crippen LogP contribution in [0.4, 0.5) is 18.9 Å². The van der Waals surface area contributed by atoms with Gasteiger partial charge in [-0.3, -0.25) is 9.52 Å². The molecular weight excluding hydrogens is 369 g/mol. The third-order valence-corrected chi connectivity index (χ3v) is 4.83. The first kappa shape index (κ1) is 18.1. The van der Waals surface area contributed by atoms with Gasteiger partial charge in [0.05, 0.1) is 10.6 Å². The highest BCUT2D eigenvalue weighted by Crippen LogP contribution is 2.33. The molecule has 0 atom stereocenters. The molecule has 0 aliphatic rings. The molecule has 24 heavy (non-hydrogen) atoms. The lowest BCUT2D eigenvalue weighted by atomic mass is 10.2. The molecule has 2 rings (SSSR count). The number of primary amides is 1. The Bertz CT molecular complexity index is 881. The zero-order chi connectivity index (χ0) is 18.1. The summed E-state index contributed by atoms with van der Waals surface area (Å²) < 4.78 is 64.8. The number of sulfonamides is 1. The van der Waals surface area contributed by atoms with Crippen molar-refractivity contribution in [3.8, 4) is 0 Å². The molecule has 0 fully saturated rings. The molecule has 2 aromatic carbocycles. The Morgan fingerprint density at radius 3 is 2.17 bits per heavy atom. The van der Waals surface area contributed by atoms with Crippen LogP contribution in [0.3, 0.4) is 0 Å². The number of benzene rings is 2. The van der Waals surface area contributed by atoms with Crippen molar-refractivity contribution in [3.05, 3.63) is 58.6 Å². The number of halogens is 4. The van der Waals surface area contributed by atoms with Crippen LogP contribution in [0.1, 0.15) is 15.9 Å². The van der Waals surface area contributed by atoms with Gasteiger partial charge in [-0.05, 0) is 42.5 Å². The van der Waals surface area contributed by atoms with Crippen molar-refractivity contribution in [3.63, 3.8) is 0 Å². The second-order valence-electron chi connectivity index (χ2n) is 4.69. The van der Waals surface area contributed by atoms with Crippen molar-refractivity contribution in [2.24, 2.45) is 5.73 Å². The number of rotatable bonds is 4. The number of alkyl halides is 3. The third-order valence-electron chi connectivity index (χ3n) is 2.97. The van der Waals surface area contributed by atoms with Crippen LogP contribution in [0.2, 0.25) is 5.02 Å². The summed E-state index contributed by atoms with van der Waals surface area (Å²) in [6.45, 7) is 0. The number of amides is 1. The maximum atomic E-state index is 12.7. The van der Waals surface area contributed by atoms with Gasteiger partial charge in [0.2, 0.25) is 5.91 Å². The van der Waals surface area contributed by atoms with E-state index in [0.29, 0.717) is 12.1 Å². The predicted molar refractivity (Wildman–Crippen MR) is 82.2 cm³/mol. The lowest BCUT2D eigenvalue weighted by molar-refractivity contribution is -0.137. The lowest BCUT2D eigenvalue weighted by Crippen LogP contribution is -2.16. The molecule has 3 N–H and O–H groups in total. The molecule has 1 amide bonds. The molecule has 0 saturated heterocycles. The highest BCUT2D eigenvalue weighted by Gasteiger charge is 2.32. The molecular formula is C14H10ClF3N2O3S. The molecule has 0 saturated carbocycles. The summed E-state index contributed by atoms with van der Waals surface area (Å²) in [6.07, 6.45) is -4.71. The lowest BCUT2D eigenvalue weighted by Gasteiger charge is -2.12. The van der Waals surface area contributed by atoms with Crippen LogP contribution < -0.4 is 10.5 Å². The number of hydrogen-bond donors (Lipinski definition) is 2. The van der Waals surface area contributed by atoms with E-state index in [0.717, 1.165) is 6.07 Å². The zero-order valence-electron chi connectivity index (χ0n) is 11.8. The van der Waals surface area contributed by atoms with Crippen LogP contribution in [-0.2, 0) is 16.2 Å². The highest BCUT2D eigenvalue weighted by molar-refractivity contribution is 7.92. The summed E-state index contributed by atoms with van der Waals surface area (Å²) >= 11 is 5.72. The van der Waals surface area contributed by atoms with Gasteiger partial charge in [0.1, 0.15) is 4.90 Å². The van der Waals surface area contributed by atoms with E-state index in [4.69, 9.17) is 17.3 Å². The minimum absolute atomic E-state index is 0.0356. The summed E-state index contributed by atoms with van der Waals surface area (Å²) in [5.41, 5.74) is 4.10. The van der Waals surface area contributed by atoms with E-state index >= 15 is 0 Å². The molecule has 0 aliphatic heterocycles. The Labute approximate surface area is 140 Å². The summed E-state index contributed by atoms with van der Waals surface area (Å²) in [6, 6.07) is 7.03. The first-order valence-corrected chi connectivity index (χ1v) is 8.16. The van der Waals surface area contributed by atoms with Gasteiger partial charge in [-0.2, -0.15) is 13.2 Å². The Morgan fingerprint density at radius 2 is 1.67 bits per heavy atom. The smallest absolute Gasteiger partial charge is 0.366 e. The highest BCUT2D eigenvalue weighted by atomic mass is 35.5. The number of anilines is 1. The second kappa shape index (κ2) is 6.33. The minimum Gasteiger partial charge on any atom is -0.366 e. The molecule has 0 aromatic heterocycles. The monoisotopic (exact) mass is 378 g/mol. The normalized spacial score (nSPS) is 12.0. The van der Waals surface area contributed by atoms with Crippen LogP contribution >= 0.6 is 11.6 Å². The van der Waals surface area contributed by atoms with Crippen molar-refractivity contribution in [2.75, 3.05) is 4.72 Å². The predicted octanol–water partition coefficient (Wildman–Crippen LogP) is 3.26. The molecule has 2 aromatic rings. The van der Waals surface area contributed by atoms with Crippen molar-refractivity contribution >= 4 is 33.2 Å². The molecule has 0 radical (unpaired) electrons. The number of carbonyl (C=O) groups excluding carboxylic acids is 1. The average Bonchev–Trinajstić information content (AvgIpc) is 2.46. The van der Waals surface area contributed by atoms with E-state index in [1.807, 2.05) is 0 Å². The summed E-state index contributed by atoms with van der Waals surface area (Å²) in [7, 11) is -4.36. The molecule has 0 aliphatic carbocycles. The first-order chi connectivity index (χ1) is 11.0. The molecule has 0 heterocycles. The fourth-order valence-electron chi connectivity index (χ4n) is 1.80. The first-order valence-electron chi connectivity index (χ1n) is 6.30. The summed E-state index contributed by atoms with van der Waals surface area (Å²) in [4.78, 5) is 10.2. The fraction of sp³-hybridized carbons (Fsp3) is 0.0714. The van der Waals surface area contributed by atoms with Gasteiger partial charge in [0.25, 0.3) is 10.0 Å². The molecule has 10 heteroatoms. The number of nitrogens with two attached hydrogens (primary N) is 1. The molecule has 0 spiro atoms. The van der Waals surface area contributed by atoms with Crippen LogP contribution in [0.15, 0.2) is 47.4 Å². The topological polar surface area (TPSA) is 89.3 Å². The van der Waals surface area contributed by atoms with Gasteiger partial charge in [0.15, 0.2) is 0 Å². The Morgan fingerprint density at radius 1 is 1.08 bits per heavy atom. The average molecular weight is 379 g/mol. The maximum Gasteiger partial charge on any atom is 0.416 e. The van der Waals surface area contributed by atoms with Gasteiger partial charge < -0.3 is 5.73 Å². The second-order valence-corrected chi connectivity index (χ2v) is 6.75. The standard InChI is InChI=1S/C14H10ClF3N2O3S/c15-11-6-3-9(14(16,17)18)7-12(11)24(22,23)20-10-4-1-8(2-5-10)13(19)21/h1-7,20H,(H2,19,21). The molecule has 0 unspecified atom stereocenters. The quantitative estimate of drug-likeness (QED) is 0.855. The zero-order valence-corrected chi connectivity index (χ0v) is 13.3. The molecule has 5 nitrogen and oxygen atoms in total. The van der Waals surface area contributed by atoms with Gasteiger partial charge in [0, 0.05) is 11.3 Å². The molecule has 128 valence electrons. The van der Waals surface area contributed by atoms with Crippen LogP contribution in [0.25, 0.3) is 0 Å². The van der Waals surface area contributed by atoms with Crippen molar-refractivity contribution in [1.29, 1.82) is 0 Å². The van der Waals surface area contributed by atoms with Gasteiger partial charge in [-0.15, -0.1) is 0 Å². The van der Waals surface area contributed by atoms with Crippen molar-refractivity contribution in [1.82, 2.24) is 0 Å². The Balaban J connectivity index is 2.38. The minimum atomic E-state index is -4.71. The van der Waals surface area contributed by atoms with E-state index in [9.17, 15) is 26.4 Å². The Hall–Kier alpha value is -2.26. The van der Waals surface area contributed by atoms with E-state index < -0.39 is 32.6 Å². The summed E-state index contributed by atoms with van der Waals surface area (Å²) in [5.74, 6) is -0.703. The third kappa shape index (κ3) is 3.98. The van der Waals surface area contributed by atoms with E-state index in [-0.39, 0.29) is 16.3 Å². The van der Waals surface area contributed by atoms with E-state index in [2.05, 4.69) is 4.72 Å². The largest absolute Gasteiger partial charge is 0.416 e. The summed E-state index contributed by atoms with van der Waals surface area (Å²) in [5, 5.41) is -0.357. The van der Waals surface area contributed by atoms with Crippen LogP contribution in [-0.4, -0.2) is 14.3 Å². The van der Waals surface area contributed by atoms with Gasteiger partial charge >= 0.3 is 6.18 Å². The maximum absolute atomic E-state index is 12.7. The van der Waals surface area contributed by atoms with E-state index in [1.54, 1.807) is 0 Å². The number of nitrogens with one attached hydrogen (secondary N) is 1. The van der Waals surface area contributed by atoms with Gasteiger partial charge in [-0.25, -0.2) is 8.42 Å². The van der Waals surface area contributed by atoms with Crippen molar-refractivity contribution < 1.29 is 26.4 Å². The van der Waals surface area contributed by atoms with E-state index in [1.165, 1.54) is 24.3 Å². The van der Waals surface area contributed by atoms with Crippen LogP contribution in [0.5, 0.6) is 0 Å². The number of carbonyl (C=O) groups is 1. The van der Waals surface area contributed by atoms with Crippen LogP contribution in [0, 0.1) is 0 Å². The SMILES string of the molecule is NC(=O)c1ccc(NS(=O)(=O)c2cc(C(F)(F)F)ccc2Cl)cc1. The fourth-order valence-corrected chi connectivity index (χ4v) is 3.38. The Kier molecular flexibility index (Phi) is 4.77. The van der Waals surface area contributed by atoms with Gasteiger partial charge in [-0.1, -0.05) is 11.6 Å². The molecule has 0 bridgehead atoms. The van der Waals surface area contributed by atoms with Crippen molar-refractivity contribution in [2.45, 2.75) is 11.1 Å².